The Morgan fingerprint density at radius 2 is 1.81 bits per heavy atom. The van der Waals surface area contributed by atoms with E-state index in [0.29, 0.717) is 18.5 Å². The molecule has 21 heavy (non-hydrogen) atoms. The zero-order valence-electron chi connectivity index (χ0n) is 11.9. The highest BCUT2D eigenvalue weighted by atomic mass is 16.3. The van der Waals surface area contributed by atoms with Crippen molar-refractivity contribution in [2.75, 3.05) is 0 Å². The van der Waals surface area contributed by atoms with Crippen LogP contribution in [0.1, 0.15) is 30.4 Å². The molecule has 0 saturated carbocycles. The molecular formula is C17H19NO3. The lowest BCUT2D eigenvalue weighted by atomic mass is 9.95. The van der Waals surface area contributed by atoms with Crippen LogP contribution in [0.3, 0.4) is 0 Å². The van der Waals surface area contributed by atoms with E-state index in [2.05, 4.69) is 5.32 Å². The maximum absolute atomic E-state index is 12.3. The average molecular weight is 285 g/mol. The van der Waals surface area contributed by atoms with E-state index in [1.54, 1.807) is 6.07 Å². The highest BCUT2D eigenvalue weighted by Crippen LogP contribution is 2.30. The SMILES string of the molecule is CCC(C(=O)NCc1ccccc1)c1ccc(O)c(O)c1. The molecule has 0 heterocycles. The first-order valence-corrected chi connectivity index (χ1v) is 6.95. The van der Waals surface area contributed by atoms with Crippen LogP contribution in [0.25, 0.3) is 0 Å². The number of benzene rings is 2. The van der Waals surface area contributed by atoms with Crippen molar-refractivity contribution >= 4 is 5.91 Å². The van der Waals surface area contributed by atoms with Gasteiger partial charge in [0.15, 0.2) is 11.5 Å². The van der Waals surface area contributed by atoms with Crippen LogP contribution in [0, 0.1) is 0 Å². The molecule has 3 N–H and O–H groups in total. The van der Waals surface area contributed by atoms with Crippen molar-refractivity contribution in [3.05, 3.63) is 59.7 Å². The number of carbonyl (C=O) groups excluding carboxylic acids is 1. The first-order valence-electron chi connectivity index (χ1n) is 6.95. The van der Waals surface area contributed by atoms with Crippen molar-refractivity contribution in [3.63, 3.8) is 0 Å². The van der Waals surface area contributed by atoms with Crippen LogP contribution in [-0.2, 0) is 11.3 Å². The molecule has 0 spiro atoms. The van der Waals surface area contributed by atoms with Gasteiger partial charge in [-0.25, -0.2) is 0 Å². The Kier molecular flexibility index (Phi) is 4.82. The number of phenols is 2. The van der Waals surface area contributed by atoms with Gasteiger partial charge < -0.3 is 15.5 Å². The van der Waals surface area contributed by atoms with E-state index in [1.807, 2.05) is 37.3 Å². The third kappa shape index (κ3) is 3.75. The molecule has 0 aromatic heterocycles. The Bertz CT molecular complexity index is 611. The van der Waals surface area contributed by atoms with E-state index < -0.39 is 0 Å². The molecule has 2 aromatic rings. The van der Waals surface area contributed by atoms with Gasteiger partial charge in [-0.05, 0) is 29.7 Å². The zero-order valence-corrected chi connectivity index (χ0v) is 11.9. The monoisotopic (exact) mass is 285 g/mol. The molecule has 4 nitrogen and oxygen atoms in total. The summed E-state index contributed by atoms with van der Waals surface area (Å²) in [6, 6.07) is 14.2. The van der Waals surface area contributed by atoms with Crippen LogP contribution in [0.2, 0.25) is 0 Å². The number of amides is 1. The Hall–Kier alpha value is -2.49. The van der Waals surface area contributed by atoms with Gasteiger partial charge in [-0.3, -0.25) is 4.79 Å². The topological polar surface area (TPSA) is 69.6 Å². The maximum Gasteiger partial charge on any atom is 0.227 e. The molecule has 0 bridgehead atoms. The molecule has 0 aliphatic carbocycles. The number of nitrogens with one attached hydrogen (secondary N) is 1. The molecule has 0 aliphatic rings. The lowest BCUT2D eigenvalue weighted by Crippen LogP contribution is -2.28. The van der Waals surface area contributed by atoms with Crippen LogP contribution in [0.15, 0.2) is 48.5 Å². The van der Waals surface area contributed by atoms with Gasteiger partial charge in [0, 0.05) is 6.54 Å². The quantitative estimate of drug-likeness (QED) is 0.740. The van der Waals surface area contributed by atoms with E-state index in [0.717, 1.165) is 5.56 Å². The summed E-state index contributed by atoms with van der Waals surface area (Å²) in [6.45, 7) is 2.39. The van der Waals surface area contributed by atoms with Crippen molar-refractivity contribution in [2.24, 2.45) is 0 Å². The average Bonchev–Trinajstić information content (AvgIpc) is 2.50. The summed E-state index contributed by atoms with van der Waals surface area (Å²) in [4.78, 5) is 12.3. The van der Waals surface area contributed by atoms with Crippen LogP contribution in [0.5, 0.6) is 11.5 Å². The Balaban J connectivity index is 2.06. The first-order chi connectivity index (χ1) is 10.1. The lowest BCUT2D eigenvalue weighted by molar-refractivity contribution is -0.122. The number of rotatable bonds is 5. The van der Waals surface area contributed by atoms with Crippen molar-refractivity contribution in [1.29, 1.82) is 0 Å². The number of carbonyl (C=O) groups is 1. The Morgan fingerprint density at radius 3 is 2.43 bits per heavy atom. The fraction of sp³-hybridized carbons (Fsp3) is 0.235. The molecule has 0 radical (unpaired) electrons. The summed E-state index contributed by atoms with van der Waals surface area (Å²) >= 11 is 0. The molecule has 2 rings (SSSR count). The van der Waals surface area contributed by atoms with Gasteiger partial charge in [-0.1, -0.05) is 43.3 Å². The van der Waals surface area contributed by atoms with E-state index in [9.17, 15) is 15.0 Å². The third-order valence-electron chi connectivity index (χ3n) is 3.44. The van der Waals surface area contributed by atoms with Crippen molar-refractivity contribution in [3.8, 4) is 11.5 Å². The van der Waals surface area contributed by atoms with Gasteiger partial charge in [0.25, 0.3) is 0 Å². The highest BCUT2D eigenvalue weighted by Gasteiger charge is 2.19. The molecule has 0 saturated heterocycles. The second-order valence-electron chi connectivity index (χ2n) is 4.91. The summed E-state index contributed by atoms with van der Waals surface area (Å²) in [7, 11) is 0. The predicted octanol–water partition coefficient (Wildman–Crippen LogP) is 2.91. The molecule has 1 amide bonds. The molecule has 1 atom stereocenters. The number of phenolic OH excluding ortho intramolecular Hbond substituents is 2. The minimum absolute atomic E-state index is 0.0913. The molecule has 0 aliphatic heterocycles. The van der Waals surface area contributed by atoms with Gasteiger partial charge in [0.1, 0.15) is 0 Å². The lowest BCUT2D eigenvalue weighted by Gasteiger charge is -2.16. The van der Waals surface area contributed by atoms with Gasteiger partial charge in [-0.2, -0.15) is 0 Å². The van der Waals surface area contributed by atoms with E-state index in [4.69, 9.17) is 0 Å². The second-order valence-corrected chi connectivity index (χ2v) is 4.91. The second kappa shape index (κ2) is 6.79. The van der Waals surface area contributed by atoms with Gasteiger partial charge in [0.2, 0.25) is 5.91 Å². The summed E-state index contributed by atoms with van der Waals surface area (Å²) in [5.41, 5.74) is 1.73. The summed E-state index contributed by atoms with van der Waals surface area (Å²) < 4.78 is 0. The van der Waals surface area contributed by atoms with E-state index >= 15 is 0 Å². The summed E-state index contributed by atoms with van der Waals surface area (Å²) in [6.07, 6.45) is 0.616. The number of hydrogen-bond acceptors (Lipinski definition) is 3. The fourth-order valence-electron chi connectivity index (χ4n) is 2.24. The largest absolute Gasteiger partial charge is 0.504 e. The molecule has 1 unspecified atom stereocenters. The van der Waals surface area contributed by atoms with Crippen LogP contribution in [-0.4, -0.2) is 16.1 Å². The van der Waals surface area contributed by atoms with Crippen LogP contribution >= 0.6 is 0 Å². The normalized spacial score (nSPS) is 11.9. The smallest absolute Gasteiger partial charge is 0.227 e. The number of aromatic hydroxyl groups is 2. The molecule has 110 valence electrons. The van der Waals surface area contributed by atoms with Gasteiger partial charge >= 0.3 is 0 Å². The first kappa shape index (κ1) is 14.9. The minimum atomic E-state index is -0.347. The van der Waals surface area contributed by atoms with Gasteiger partial charge in [-0.15, -0.1) is 0 Å². The summed E-state index contributed by atoms with van der Waals surface area (Å²) in [5.74, 6) is -0.827. The zero-order chi connectivity index (χ0) is 15.2. The minimum Gasteiger partial charge on any atom is -0.504 e. The fourth-order valence-corrected chi connectivity index (χ4v) is 2.24. The Morgan fingerprint density at radius 1 is 1.10 bits per heavy atom. The maximum atomic E-state index is 12.3. The van der Waals surface area contributed by atoms with E-state index in [-0.39, 0.29) is 23.3 Å². The van der Waals surface area contributed by atoms with Crippen molar-refractivity contribution in [2.45, 2.75) is 25.8 Å². The predicted molar refractivity (Wildman–Crippen MR) is 81.1 cm³/mol. The Labute approximate surface area is 124 Å². The third-order valence-corrected chi connectivity index (χ3v) is 3.44. The van der Waals surface area contributed by atoms with Crippen LogP contribution < -0.4 is 5.32 Å². The molecule has 0 fully saturated rings. The van der Waals surface area contributed by atoms with Crippen LogP contribution in [0.4, 0.5) is 0 Å². The molecule has 4 heteroatoms. The van der Waals surface area contributed by atoms with E-state index in [1.165, 1.54) is 12.1 Å². The molecule has 2 aromatic carbocycles. The highest BCUT2D eigenvalue weighted by molar-refractivity contribution is 5.83. The van der Waals surface area contributed by atoms with Gasteiger partial charge in [0.05, 0.1) is 5.92 Å². The molecular weight excluding hydrogens is 266 g/mol. The summed E-state index contributed by atoms with van der Waals surface area (Å²) in [5, 5.41) is 21.8. The van der Waals surface area contributed by atoms with Crippen molar-refractivity contribution < 1.29 is 15.0 Å². The standard InChI is InChI=1S/C17H19NO3/c1-2-14(13-8-9-15(19)16(20)10-13)17(21)18-11-12-6-4-3-5-7-12/h3-10,14,19-20H,2,11H2,1H3,(H,18,21). The number of hydrogen-bond donors (Lipinski definition) is 3. The van der Waals surface area contributed by atoms with Crippen molar-refractivity contribution in [1.82, 2.24) is 5.32 Å².